The van der Waals surface area contributed by atoms with Crippen LogP contribution >= 0.6 is 0 Å². The first-order chi connectivity index (χ1) is 22.4. The first kappa shape index (κ1) is 30.7. The second kappa shape index (κ2) is 13.8. The van der Waals surface area contributed by atoms with Crippen LogP contribution in [0.3, 0.4) is 0 Å². The molecule has 0 bridgehead atoms. The number of amides is 3. The van der Waals surface area contributed by atoms with Crippen LogP contribution in [-0.2, 0) is 11.3 Å². The van der Waals surface area contributed by atoms with E-state index in [0.717, 1.165) is 23.2 Å². The second-order valence-electron chi connectivity index (χ2n) is 11.6. The van der Waals surface area contributed by atoms with Gasteiger partial charge in [-0.25, -0.2) is 0 Å². The van der Waals surface area contributed by atoms with E-state index < -0.39 is 0 Å². The van der Waals surface area contributed by atoms with Gasteiger partial charge in [0.1, 0.15) is 0 Å². The fraction of sp³-hybridized carbons (Fsp3) is 0.270. The third-order valence-corrected chi connectivity index (χ3v) is 8.57. The van der Waals surface area contributed by atoms with E-state index in [4.69, 9.17) is 9.47 Å². The van der Waals surface area contributed by atoms with Crippen LogP contribution in [0.1, 0.15) is 51.1 Å². The monoisotopic (exact) mass is 618 g/mol. The molecule has 0 radical (unpaired) electrons. The average molecular weight is 619 g/mol. The van der Waals surface area contributed by atoms with Crippen LogP contribution < -0.4 is 19.7 Å². The SMILES string of the molecule is CC[C@@H](C(=O)N1CCN(c2ccc(NC(=O)c3ccc4c(c3)OCO4)cc2C(=O)N(C)Cc2ccccc2)CC1)c1ccccc1. The van der Waals surface area contributed by atoms with Crippen molar-refractivity contribution in [1.82, 2.24) is 9.80 Å². The van der Waals surface area contributed by atoms with E-state index in [2.05, 4.69) is 10.2 Å². The van der Waals surface area contributed by atoms with Crippen LogP contribution in [0, 0.1) is 0 Å². The molecule has 6 rings (SSSR count). The molecule has 2 aliphatic heterocycles. The minimum atomic E-state index is -0.321. The van der Waals surface area contributed by atoms with E-state index >= 15 is 0 Å². The number of rotatable bonds is 9. The van der Waals surface area contributed by atoms with Crippen LogP contribution in [0.15, 0.2) is 97.1 Å². The first-order valence-electron chi connectivity index (χ1n) is 15.6. The number of carbonyl (C=O) groups is 3. The van der Waals surface area contributed by atoms with Gasteiger partial charge in [0.25, 0.3) is 11.8 Å². The molecule has 0 unspecified atom stereocenters. The molecule has 46 heavy (non-hydrogen) atoms. The number of nitrogens with zero attached hydrogens (tertiary/aromatic N) is 3. The minimum absolute atomic E-state index is 0.123. The van der Waals surface area contributed by atoms with E-state index in [1.165, 1.54) is 0 Å². The van der Waals surface area contributed by atoms with Crippen molar-refractivity contribution in [3.05, 3.63) is 119 Å². The molecule has 9 heteroatoms. The fourth-order valence-corrected chi connectivity index (χ4v) is 6.06. The van der Waals surface area contributed by atoms with Gasteiger partial charge in [-0.05, 0) is 53.9 Å². The van der Waals surface area contributed by atoms with E-state index in [1.807, 2.05) is 84.6 Å². The van der Waals surface area contributed by atoms with E-state index in [-0.39, 0.29) is 30.4 Å². The van der Waals surface area contributed by atoms with Gasteiger partial charge >= 0.3 is 0 Å². The van der Waals surface area contributed by atoms with Gasteiger partial charge in [-0.1, -0.05) is 67.6 Å². The van der Waals surface area contributed by atoms with Gasteiger partial charge in [0.05, 0.1) is 11.5 Å². The van der Waals surface area contributed by atoms with Crippen molar-refractivity contribution in [2.24, 2.45) is 0 Å². The highest BCUT2D eigenvalue weighted by Crippen LogP contribution is 2.33. The number of nitrogens with one attached hydrogen (secondary N) is 1. The number of hydrogen-bond acceptors (Lipinski definition) is 6. The van der Waals surface area contributed by atoms with Crippen LogP contribution in [-0.4, -0.2) is 67.5 Å². The molecule has 0 aliphatic carbocycles. The number of ether oxygens (including phenoxy) is 2. The third kappa shape index (κ3) is 6.68. The molecule has 1 atom stereocenters. The van der Waals surface area contributed by atoms with E-state index in [9.17, 15) is 14.4 Å². The normalized spacial score (nSPS) is 14.5. The molecule has 9 nitrogen and oxygen atoms in total. The molecule has 2 aliphatic rings. The Morgan fingerprint density at radius 2 is 1.52 bits per heavy atom. The summed E-state index contributed by atoms with van der Waals surface area (Å²) in [5.41, 5.74) is 4.23. The van der Waals surface area contributed by atoms with Gasteiger partial charge in [0, 0.05) is 56.7 Å². The molecule has 236 valence electrons. The maximum absolute atomic E-state index is 14.0. The van der Waals surface area contributed by atoms with Crippen molar-refractivity contribution in [3.63, 3.8) is 0 Å². The van der Waals surface area contributed by atoms with Gasteiger partial charge in [0.15, 0.2) is 11.5 Å². The lowest BCUT2D eigenvalue weighted by atomic mass is 9.94. The molecule has 0 aromatic heterocycles. The lowest BCUT2D eigenvalue weighted by molar-refractivity contribution is -0.133. The van der Waals surface area contributed by atoms with Gasteiger partial charge in [0.2, 0.25) is 12.7 Å². The molecule has 4 aromatic carbocycles. The molecule has 4 aromatic rings. The van der Waals surface area contributed by atoms with Crippen molar-refractivity contribution in [2.75, 3.05) is 50.2 Å². The molecule has 1 fully saturated rings. The van der Waals surface area contributed by atoms with Crippen molar-refractivity contribution in [3.8, 4) is 11.5 Å². The summed E-state index contributed by atoms with van der Waals surface area (Å²) in [6.07, 6.45) is 0.731. The Kier molecular flexibility index (Phi) is 9.19. The maximum atomic E-state index is 14.0. The fourth-order valence-electron chi connectivity index (χ4n) is 6.06. The second-order valence-corrected chi connectivity index (χ2v) is 11.6. The first-order valence-corrected chi connectivity index (χ1v) is 15.6. The molecule has 0 spiro atoms. The number of benzene rings is 4. The smallest absolute Gasteiger partial charge is 0.256 e. The Morgan fingerprint density at radius 3 is 2.24 bits per heavy atom. The molecular formula is C37H38N4O5. The molecule has 1 N–H and O–H groups in total. The number of carbonyl (C=O) groups excluding carboxylic acids is 3. The number of piperazine rings is 1. The highest BCUT2D eigenvalue weighted by molar-refractivity contribution is 6.06. The van der Waals surface area contributed by atoms with Gasteiger partial charge in [-0.3, -0.25) is 14.4 Å². The minimum Gasteiger partial charge on any atom is -0.454 e. The third-order valence-electron chi connectivity index (χ3n) is 8.57. The van der Waals surface area contributed by atoms with E-state index in [1.54, 1.807) is 36.2 Å². The van der Waals surface area contributed by atoms with Crippen molar-refractivity contribution >= 4 is 29.1 Å². The van der Waals surface area contributed by atoms with Gasteiger partial charge in [-0.2, -0.15) is 0 Å². The largest absolute Gasteiger partial charge is 0.454 e. The highest BCUT2D eigenvalue weighted by Gasteiger charge is 2.29. The standard InChI is InChI=1S/C37H38N4O5/c1-3-30(27-12-8-5-9-13-27)37(44)41-20-18-40(19-21-41)32-16-15-29(38-35(42)28-14-17-33-34(22-28)46-25-45-33)23-31(32)36(43)39(2)24-26-10-6-4-7-11-26/h4-17,22-23,30H,3,18-21,24-25H2,1-2H3,(H,38,42)/t30-/m1/s1. The number of fused-ring (bicyclic) bond motifs is 1. The summed E-state index contributed by atoms with van der Waals surface area (Å²) in [4.78, 5) is 46.5. The van der Waals surface area contributed by atoms with Crippen molar-refractivity contribution in [1.29, 1.82) is 0 Å². The maximum Gasteiger partial charge on any atom is 0.256 e. The predicted molar refractivity (Wildman–Crippen MR) is 177 cm³/mol. The van der Waals surface area contributed by atoms with Crippen LogP contribution in [0.5, 0.6) is 11.5 Å². The van der Waals surface area contributed by atoms with Gasteiger partial charge in [-0.15, -0.1) is 0 Å². The van der Waals surface area contributed by atoms with E-state index in [0.29, 0.717) is 61.0 Å². The van der Waals surface area contributed by atoms with Crippen molar-refractivity contribution < 1.29 is 23.9 Å². The molecule has 3 amide bonds. The lowest BCUT2D eigenvalue weighted by Crippen LogP contribution is -2.50. The Labute approximate surface area is 269 Å². The van der Waals surface area contributed by atoms with Crippen LogP contribution in [0.25, 0.3) is 0 Å². The number of hydrogen-bond donors (Lipinski definition) is 1. The zero-order chi connectivity index (χ0) is 32.0. The molecule has 2 heterocycles. The topological polar surface area (TPSA) is 91.4 Å². The quantitative estimate of drug-likeness (QED) is 0.256. The van der Waals surface area contributed by atoms with Crippen LogP contribution in [0.2, 0.25) is 0 Å². The summed E-state index contributed by atoms with van der Waals surface area (Å²) in [5, 5.41) is 2.94. The summed E-state index contributed by atoms with van der Waals surface area (Å²) in [6.45, 7) is 4.88. The predicted octanol–water partition coefficient (Wildman–Crippen LogP) is 5.78. The van der Waals surface area contributed by atoms with Crippen molar-refractivity contribution in [2.45, 2.75) is 25.8 Å². The Balaban J connectivity index is 1.22. The Hall–Kier alpha value is -5.31. The highest BCUT2D eigenvalue weighted by atomic mass is 16.7. The summed E-state index contributed by atoms with van der Waals surface area (Å²) in [7, 11) is 1.78. The average Bonchev–Trinajstić information content (AvgIpc) is 3.57. The van der Waals surface area contributed by atoms with Gasteiger partial charge < -0.3 is 29.5 Å². The van der Waals surface area contributed by atoms with Crippen LogP contribution in [0.4, 0.5) is 11.4 Å². The summed E-state index contributed by atoms with van der Waals surface area (Å²) in [5.74, 6) is 0.596. The molecule has 1 saturated heterocycles. The Morgan fingerprint density at radius 1 is 0.826 bits per heavy atom. The lowest BCUT2D eigenvalue weighted by Gasteiger charge is -2.38. The summed E-state index contributed by atoms with van der Waals surface area (Å²) >= 11 is 0. The zero-order valence-corrected chi connectivity index (χ0v) is 26.1. The summed E-state index contributed by atoms with van der Waals surface area (Å²) in [6, 6.07) is 30.2. The molecular weight excluding hydrogens is 580 g/mol. The molecule has 0 saturated carbocycles. The number of anilines is 2. The zero-order valence-electron chi connectivity index (χ0n) is 26.1. The summed E-state index contributed by atoms with van der Waals surface area (Å²) < 4.78 is 10.8. The Bertz CT molecular complexity index is 1700.